The van der Waals surface area contributed by atoms with Gasteiger partial charge in [-0.25, -0.2) is 4.68 Å². The normalized spacial score (nSPS) is 24.4. The molecule has 2 saturated heterocycles. The Bertz CT molecular complexity index is 1150. The number of unbranched alkanes of at least 4 members (excludes halogenated alkanes) is 1. The summed E-state index contributed by atoms with van der Waals surface area (Å²) in [5, 5.41) is 19.0. The number of aryl methyl sites for hydroxylation is 1. The van der Waals surface area contributed by atoms with Gasteiger partial charge >= 0.3 is 0 Å². The van der Waals surface area contributed by atoms with Crippen molar-refractivity contribution in [3.05, 3.63) is 47.3 Å². The van der Waals surface area contributed by atoms with Gasteiger partial charge in [0, 0.05) is 24.3 Å². The smallest absolute Gasteiger partial charge is 0.248 e. The number of likely N-dealkylation sites (tertiary alicyclic amines) is 1. The van der Waals surface area contributed by atoms with Crippen LogP contribution in [0.2, 0.25) is 0 Å². The second-order valence-electron chi connectivity index (χ2n) is 12.2. The second-order valence-corrected chi connectivity index (χ2v) is 12.2. The SMILES string of the molecule is CCCCN1C(=O)[C@@H]([C@H](O)C2CCCCC2)NC(=O)[C@H]1C1CCN(Cc2c(C)nn(-c3ccccc3)c2C)CC1. The maximum absolute atomic E-state index is 13.7. The zero-order valence-corrected chi connectivity index (χ0v) is 24.5. The third-order valence-electron chi connectivity index (χ3n) is 9.58. The van der Waals surface area contributed by atoms with E-state index in [1.54, 1.807) is 0 Å². The van der Waals surface area contributed by atoms with Crippen molar-refractivity contribution in [2.24, 2.45) is 11.8 Å². The fourth-order valence-corrected chi connectivity index (χ4v) is 7.16. The Balaban J connectivity index is 1.24. The lowest BCUT2D eigenvalue weighted by Crippen LogP contribution is -2.69. The number of aliphatic hydroxyl groups is 1. The van der Waals surface area contributed by atoms with Gasteiger partial charge in [-0.1, -0.05) is 50.8 Å². The number of hydrogen-bond acceptors (Lipinski definition) is 5. The van der Waals surface area contributed by atoms with Gasteiger partial charge in [0.2, 0.25) is 11.8 Å². The molecule has 0 unspecified atom stereocenters. The first-order chi connectivity index (χ1) is 19.4. The van der Waals surface area contributed by atoms with E-state index in [2.05, 4.69) is 43.1 Å². The summed E-state index contributed by atoms with van der Waals surface area (Å²) in [5.74, 6) is 0.0519. The van der Waals surface area contributed by atoms with E-state index in [0.717, 1.165) is 88.1 Å². The monoisotopic (exact) mass is 549 g/mol. The van der Waals surface area contributed by atoms with Crippen LogP contribution in [0.3, 0.4) is 0 Å². The van der Waals surface area contributed by atoms with Gasteiger partial charge in [0.25, 0.3) is 0 Å². The van der Waals surface area contributed by atoms with Crippen molar-refractivity contribution < 1.29 is 14.7 Å². The molecule has 3 atom stereocenters. The molecule has 8 heteroatoms. The lowest BCUT2D eigenvalue weighted by Gasteiger charge is -2.46. The van der Waals surface area contributed by atoms with Gasteiger partial charge in [-0.3, -0.25) is 14.5 Å². The highest BCUT2D eigenvalue weighted by Crippen LogP contribution is 2.33. The molecule has 3 heterocycles. The van der Waals surface area contributed by atoms with Gasteiger partial charge in [0.1, 0.15) is 12.1 Å². The lowest BCUT2D eigenvalue weighted by atomic mass is 9.80. The summed E-state index contributed by atoms with van der Waals surface area (Å²) >= 11 is 0. The summed E-state index contributed by atoms with van der Waals surface area (Å²) in [7, 11) is 0. The number of rotatable bonds is 9. The molecule has 40 heavy (non-hydrogen) atoms. The molecule has 0 spiro atoms. The number of hydrogen-bond donors (Lipinski definition) is 2. The number of carbonyl (C=O) groups excluding carboxylic acids is 2. The Morgan fingerprint density at radius 3 is 2.40 bits per heavy atom. The first kappa shape index (κ1) is 28.8. The molecule has 1 aliphatic carbocycles. The maximum atomic E-state index is 13.7. The van der Waals surface area contributed by atoms with Crippen LogP contribution < -0.4 is 5.32 Å². The van der Waals surface area contributed by atoms with Crippen molar-refractivity contribution in [3.63, 3.8) is 0 Å². The van der Waals surface area contributed by atoms with E-state index < -0.39 is 18.2 Å². The number of benzene rings is 1. The Hall–Kier alpha value is -2.71. The van der Waals surface area contributed by atoms with Crippen LogP contribution in [0.1, 0.15) is 81.7 Å². The van der Waals surface area contributed by atoms with Crippen LogP contribution in [0.4, 0.5) is 0 Å². The molecule has 1 aromatic heterocycles. The van der Waals surface area contributed by atoms with E-state index in [1.807, 2.05) is 27.8 Å². The Morgan fingerprint density at radius 2 is 1.73 bits per heavy atom. The third-order valence-corrected chi connectivity index (χ3v) is 9.58. The van der Waals surface area contributed by atoms with Gasteiger partial charge in [0.05, 0.1) is 17.5 Å². The first-order valence-electron chi connectivity index (χ1n) is 15.5. The van der Waals surface area contributed by atoms with Gasteiger partial charge in [-0.05, 0) is 83.0 Å². The zero-order valence-electron chi connectivity index (χ0n) is 24.5. The lowest BCUT2D eigenvalue weighted by molar-refractivity contribution is -0.157. The van der Waals surface area contributed by atoms with E-state index in [0.29, 0.717) is 6.54 Å². The minimum Gasteiger partial charge on any atom is -0.390 e. The number of piperidine rings is 1. The predicted molar refractivity (Wildman–Crippen MR) is 156 cm³/mol. The highest BCUT2D eigenvalue weighted by Gasteiger charge is 2.48. The molecule has 218 valence electrons. The van der Waals surface area contributed by atoms with Crippen LogP contribution in [0, 0.1) is 25.7 Å². The van der Waals surface area contributed by atoms with E-state index >= 15 is 0 Å². The van der Waals surface area contributed by atoms with Crippen LogP contribution in [-0.4, -0.2) is 74.3 Å². The van der Waals surface area contributed by atoms with Crippen molar-refractivity contribution in [3.8, 4) is 5.69 Å². The molecule has 2 aromatic rings. The predicted octanol–water partition coefficient (Wildman–Crippen LogP) is 4.14. The molecule has 0 radical (unpaired) electrons. The fraction of sp³-hybridized carbons (Fsp3) is 0.656. The molecule has 2 aliphatic heterocycles. The summed E-state index contributed by atoms with van der Waals surface area (Å²) in [4.78, 5) is 31.6. The van der Waals surface area contributed by atoms with E-state index in [9.17, 15) is 14.7 Å². The zero-order chi connectivity index (χ0) is 28.2. The summed E-state index contributed by atoms with van der Waals surface area (Å²) in [6.45, 7) is 9.51. The van der Waals surface area contributed by atoms with Crippen molar-refractivity contribution in [1.82, 2.24) is 24.9 Å². The minimum atomic E-state index is -0.809. The quantitative estimate of drug-likeness (QED) is 0.491. The number of nitrogens with one attached hydrogen (secondary N) is 1. The molecular weight excluding hydrogens is 502 g/mol. The average Bonchev–Trinajstić information content (AvgIpc) is 3.26. The van der Waals surface area contributed by atoms with Crippen molar-refractivity contribution in [2.45, 2.75) is 103 Å². The summed E-state index contributed by atoms with van der Waals surface area (Å²) < 4.78 is 2.03. The number of para-hydroxylation sites is 1. The average molecular weight is 550 g/mol. The van der Waals surface area contributed by atoms with Crippen LogP contribution in [0.25, 0.3) is 5.69 Å². The van der Waals surface area contributed by atoms with Crippen molar-refractivity contribution >= 4 is 11.8 Å². The van der Waals surface area contributed by atoms with Crippen LogP contribution in [0.5, 0.6) is 0 Å². The van der Waals surface area contributed by atoms with Crippen LogP contribution >= 0.6 is 0 Å². The largest absolute Gasteiger partial charge is 0.390 e. The van der Waals surface area contributed by atoms with Gasteiger partial charge in [0.15, 0.2) is 0 Å². The number of carbonyl (C=O) groups is 2. The standard InChI is InChI=1S/C32H47N5O3/c1-4-5-18-36-29(31(39)33-28(32(36)40)30(38)25-12-8-6-9-13-25)24-16-19-35(20-17-24)21-27-22(2)34-37(23(27)3)26-14-10-7-11-15-26/h7,10-11,14-15,24-25,28-30,38H,4-6,8-9,12-13,16-21H2,1-3H3,(H,33,39)/t28-,29-,30-/m1/s1. The molecule has 2 N–H and O–H groups in total. The third kappa shape index (κ3) is 5.98. The van der Waals surface area contributed by atoms with Gasteiger partial charge in [-0.15, -0.1) is 0 Å². The molecule has 0 bridgehead atoms. The Morgan fingerprint density at radius 1 is 1.02 bits per heavy atom. The Labute approximate surface area is 239 Å². The van der Waals surface area contributed by atoms with E-state index in [4.69, 9.17) is 5.10 Å². The fourth-order valence-electron chi connectivity index (χ4n) is 7.16. The van der Waals surface area contributed by atoms with Crippen LogP contribution in [0.15, 0.2) is 30.3 Å². The van der Waals surface area contributed by atoms with Crippen molar-refractivity contribution in [1.29, 1.82) is 0 Å². The molecule has 1 aromatic carbocycles. The molecule has 3 aliphatic rings. The maximum Gasteiger partial charge on any atom is 0.248 e. The van der Waals surface area contributed by atoms with E-state index in [1.165, 1.54) is 12.0 Å². The van der Waals surface area contributed by atoms with Crippen molar-refractivity contribution in [2.75, 3.05) is 19.6 Å². The van der Waals surface area contributed by atoms with Gasteiger partial charge in [-0.2, -0.15) is 5.10 Å². The minimum absolute atomic E-state index is 0.0789. The van der Waals surface area contributed by atoms with Crippen LogP contribution in [-0.2, 0) is 16.1 Å². The number of amides is 2. The number of aliphatic hydroxyl groups excluding tert-OH is 1. The molecular formula is C32H47N5O3. The molecule has 8 nitrogen and oxygen atoms in total. The Kier molecular flexibility index (Phi) is 9.26. The summed E-state index contributed by atoms with van der Waals surface area (Å²) in [5.41, 5.74) is 4.54. The molecule has 3 fully saturated rings. The highest BCUT2D eigenvalue weighted by molar-refractivity contribution is 5.97. The van der Waals surface area contributed by atoms with E-state index in [-0.39, 0.29) is 23.7 Å². The molecule has 1 saturated carbocycles. The second kappa shape index (κ2) is 12.9. The topological polar surface area (TPSA) is 90.7 Å². The van der Waals surface area contributed by atoms with Gasteiger partial charge < -0.3 is 15.3 Å². The summed E-state index contributed by atoms with van der Waals surface area (Å²) in [6.07, 6.45) is 7.99. The number of nitrogens with zero attached hydrogens (tertiary/aromatic N) is 4. The number of piperazine rings is 1. The molecule has 5 rings (SSSR count). The molecule has 2 amide bonds. The first-order valence-corrected chi connectivity index (χ1v) is 15.5. The highest BCUT2D eigenvalue weighted by atomic mass is 16.3. The summed E-state index contributed by atoms with van der Waals surface area (Å²) in [6, 6.07) is 8.98. The number of aromatic nitrogens is 2.